The number of aryl methyl sites for hydroxylation is 1. The number of amides is 1. The summed E-state index contributed by atoms with van der Waals surface area (Å²) >= 11 is 6.75. The van der Waals surface area contributed by atoms with Crippen molar-refractivity contribution in [3.8, 4) is 22.4 Å². The van der Waals surface area contributed by atoms with E-state index in [9.17, 15) is 9.59 Å². The standard InChI is InChI=1S/C30H30ClN5O2/c1-34-28(21-6-8-23(9-7-21)35-18-14-32-15-19-35)26(27-25(31)10-13-33-29(27)34)20-2-4-22(5-3-20)30(38)36-16-11-24(37)12-17-36/h2-10,13,32H,11-12,14-19H2,1H3. The van der Waals surface area contributed by atoms with Gasteiger partial charge in [0.25, 0.3) is 5.91 Å². The smallest absolute Gasteiger partial charge is 0.253 e. The molecule has 2 aliphatic rings. The third-order valence-corrected chi connectivity index (χ3v) is 7.99. The minimum atomic E-state index is -0.0367. The maximum absolute atomic E-state index is 13.0. The van der Waals surface area contributed by atoms with E-state index in [2.05, 4.69) is 44.0 Å². The predicted octanol–water partition coefficient (Wildman–Crippen LogP) is 4.78. The summed E-state index contributed by atoms with van der Waals surface area (Å²) in [5.74, 6) is 0.185. The molecule has 0 unspecified atom stereocenters. The summed E-state index contributed by atoms with van der Waals surface area (Å²) in [6.07, 6.45) is 2.60. The number of hydrogen-bond acceptors (Lipinski definition) is 5. The lowest BCUT2D eigenvalue weighted by molar-refractivity contribution is -0.120. The minimum absolute atomic E-state index is 0.0367. The molecule has 2 aromatic heterocycles. The van der Waals surface area contributed by atoms with Crippen LogP contribution in [0.2, 0.25) is 5.02 Å². The summed E-state index contributed by atoms with van der Waals surface area (Å²) < 4.78 is 2.10. The highest BCUT2D eigenvalue weighted by molar-refractivity contribution is 6.37. The monoisotopic (exact) mass is 527 g/mol. The molecule has 0 spiro atoms. The second-order valence-corrected chi connectivity index (χ2v) is 10.4. The van der Waals surface area contributed by atoms with E-state index < -0.39 is 0 Å². The van der Waals surface area contributed by atoms with Gasteiger partial charge in [-0.15, -0.1) is 0 Å². The molecule has 6 rings (SSSR count). The first-order valence-electron chi connectivity index (χ1n) is 13.1. The SMILES string of the molecule is Cn1c(-c2ccc(N3CCNCC3)cc2)c(-c2ccc(C(=O)N3CCC(=O)CC3)cc2)c2c(Cl)ccnc21. The Hall–Kier alpha value is -3.68. The van der Waals surface area contributed by atoms with E-state index in [0.29, 0.717) is 36.5 Å². The Morgan fingerprint density at radius 1 is 0.895 bits per heavy atom. The zero-order valence-corrected chi connectivity index (χ0v) is 22.2. The van der Waals surface area contributed by atoms with Gasteiger partial charge < -0.3 is 19.7 Å². The summed E-state index contributed by atoms with van der Waals surface area (Å²) in [6.45, 7) is 4.95. The first-order chi connectivity index (χ1) is 18.5. The molecule has 2 saturated heterocycles. The number of carbonyl (C=O) groups is 2. The molecule has 38 heavy (non-hydrogen) atoms. The number of nitrogens with zero attached hydrogens (tertiary/aromatic N) is 4. The number of benzene rings is 2. The quantitative estimate of drug-likeness (QED) is 0.414. The van der Waals surface area contributed by atoms with Crippen LogP contribution in [0.4, 0.5) is 5.69 Å². The Balaban J connectivity index is 1.39. The number of nitrogens with one attached hydrogen (secondary N) is 1. The van der Waals surface area contributed by atoms with Gasteiger partial charge >= 0.3 is 0 Å². The van der Waals surface area contributed by atoms with Gasteiger partial charge in [0.2, 0.25) is 0 Å². The molecule has 194 valence electrons. The number of anilines is 1. The fraction of sp³-hybridized carbons (Fsp3) is 0.300. The molecule has 0 bridgehead atoms. The van der Waals surface area contributed by atoms with Crippen LogP contribution >= 0.6 is 11.6 Å². The Kier molecular flexibility index (Phi) is 6.64. The summed E-state index contributed by atoms with van der Waals surface area (Å²) in [4.78, 5) is 33.5. The number of piperazine rings is 1. The molecule has 0 aliphatic carbocycles. The number of pyridine rings is 1. The van der Waals surface area contributed by atoms with Crippen LogP contribution in [0.1, 0.15) is 23.2 Å². The predicted molar refractivity (Wildman–Crippen MR) is 152 cm³/mol. The van der Waals surface area contributed by atoms with E-state index >= 15 is 0 Å². The minimum Gasteiger partial charge on any atom is -0.369 e. The molecule has 4 aromatic rings. The Bertz CT molecular complexity index is 1490. The van der Waals surface area contributed by atoms with Gasteiger partial charge in [-0.2, -0.15) is 0 Å². The van der Waals surface area contributed by atoms with Crippen molar-refractivity contribution < 1.29 is 9.59 Å². The van der Waals surface area contributed by atoms with Crippen LogP contribution in [-0.4, -0.2) is 65.4 Å². The second-order valence-electron chi connectivity index (χ2n) is 9.97. The van der Waals surface area contributed by atoms with Crippen molar-refractivity contribution >= 4 is 40.0 Å². The van der Waals surface area contributed by atoms with Crippen molar-refractivity contribution in [3.63, 3.8) is 0 Å². The Labute approximate surface area is 227 Å². The number of piperidine rings is 1. The van der Waals surface area contributed by atoms with Crippen LogP contribution in [0.5, 0.6) is 0 Å². The highest BCUT2D eigenvalue weighted by Gasteiger charge is 2.24. The lowest BCUT2D eigenvalue weighted by atomic mass is 9.97. The van der Waals surface area contributed by atoms with Crippen LogP contribution in [-0.2, 0) is 11.8 Å². The van der Waals surface area contributed by atoms with Crippen LogP contribution in [0, 0.1) is 0 Å². The first-order valence-corrected chi connectivity index (χ1v) is 13.5. The van der Waals surface area contributed by atoms with E-state index in [-0.39, 0.29) is 11.7 Å². The zero-order valence-electron chi connectivity index (χ0n) is 21.4. The average Bonchev–Trinajstić information content (AvgIpc) is 3.27. The number of rotatable bonds is 4. The number of ketones is 1. The number of aromatic nitrogens is 2. The third kappa shape index (κ3) is 4.46. The Morgan fingerprint density at radius 2 is 1.55 bits per heavy atom. The molecule has 1 amide bonds. The maximum atomic E-state index is 13.0. The van der Waals surface area contributed by atoms with Crippen LogP contribution in [0.3, 0.4) is 0 Å². The number of halogens is 1. The van der Waals surface area contributed by atoms with E-state index in [0.717, 1.165) is 59.6 Å². The topological polar surface area (TPSA) is 70.5 Å². The summed E-state index contributed by atoms with van der Waals surface area (Å²) in [5, 5.41) is 4.94. The molecule has 0 atom stereocenters. The van der Waals surface area contributed by atoms with Gasteiger partial charge in [0.15, 0.2) is 0 Å². The van der Waals surface area contributed by atoms with E-state index in [4.69, 9.17) is 11.6 Å². The average molecular weight is 528 g/mol. The lowest BCUT2D eigenvalue weighted by Gasteiger charge is -2.29. The van der Waals surface area contributed by atoms with Gasteiger partial charge in [-0.3, -0.25) is 9.59 Å². The van der Waals surface area contributed by atoms with E-state index in [1.807, 2.05) is 37.4 Å². The molecule has 8 heteroatoms. The third-order valence-electron chi connectivity index (χ3n) is 7.67. The molecule has 4 heterocycles. The number of Topliss-reactive ketones (excluding diaryl/α,β-unsaturated/α-hetero) is 1. The van der Waals surface area contributed by atoms with Crippen molar-refractivity contribution in [1.82, 2.24) is 19.8 Å². The molecule has 1 N–H and O–H groups in total. The number of likely N-dealkylation sites (tertiary alicyclic amines) is 1. The Morgan fingerprint density at radius 3 is 2.24 bits per heavy atom. The number of carbonyl (C=O) groups excluding carboxylic acids is 2. The molecule has 7 nitrogen and oxygen atoms in total. The van der Waals surface area contributed by atoms with Gasteiger partial charge in [-0.25, -0.2) is 4.98 Å². The van der Waals surface area contributed by atoms with Crippen molar-refractivity contribution in [1.29, 1.82) is 0 Å². The molecule has 0 saturated carbocycles. The highest BCUT2D eigenvalue weighted by atomic mass is 35.5. The van der Waals surface area contributed by atoms with Gasteiger partial charge in [0.05, 0.1) is 10.7 Å². The largest absolute Gasteiger partial charge is 0.369 e. The van der Waals surface area contributed by atoms with Crippen molar-refractivity contribution in [3.05, 3.63) is 71.4 Å². The molecule has 2 fully saturated rings. The molecule has 2 aromatic carbocycles. The van der Waals surface area contributed by atoms with Crippen LogP contribution in [0.15, 0.2) is 60.8 Å². The van der Waals surface area contributed by atoms with Crippen LogP contribution < -0.4 is 10.2 Å². The van der Waals surface area contributed by atoms with Crippen molar-refractivity contribution in [2.75, 3.05) is 44.2 Å². The van der Waals surface area contributed by atoms with Gasteiger partial charge in [-0.1, -0.05) is 35.9 Å². The molecular weight excluding hydrogens is 498 g/mol. The van der Waals surface area contributed by atoms with E-state index in [1.165, 1.54) is 5.69 Å². The second kappa shape index (κ2) is 10.2. The van der Waals surface area contributed by atoms with Gasteiger partial charge in [0.1, 0.15) is 11.4 Å². The van der Waals surface area contributed by atoms with Crippen LogP contribution in [0.25, 0.3) is 33.4 Å². The maximum Gasteiger partial charge on any atom is 0.253 e. The fourth-order valence-corrected chi connectivity index (χ4v) is 5.83. The fourth-order valence-electron chi connectivity index (χ4n) is 5.60. The lowest BCUT2D eigenvalue weighted by Crippen LogP contribution is -2.43. The summed E-state index contributed by atoms with van der Waals surface area (Å²) in [5.41, 5.74) is 6.72. The number of fused-ring (bicyclic) bond motifs is 1. The molecular formula is C30H30ClN5O2. The zero-order chi connectivity index (χ0) is 26.2. The summed E-state index contributed by atoms with van der Waals surface area (Å²) in [7, 11) is 2.02. The first kappa shape index (κ1) is 24.6. The normalized spacial score (nSPS) is 16.3. The van der Waals surface area contributed by atoms with Gasteiger partial charge in [0, 0.05) is 87.6 Å². The molecule has 0 radical (unpaired) electrons. The number of hydrogen-bond donors (Lipinski definition) is 1. The van der Waals surface area contributed by atoms with Crippen molar-refractivity contribution in [2.45, 2.75) is 12.8 Å². The van der Waals surface area contributed by atoms with Gasteiger partial charge in [-0.05, 0) is 41.5 Å². The summed E-state index contributed by atoms with van der Waals surface area (Å²) in [6, 6.07) is 18.2. The van der Waals surface area contributed by atoms with Crippen molar-refractivity contribution in [2.24, 2.45) is 7.05 Å². The van der Waals surface area contributed by atoms with E-state index in [1.54, 1.807) is 11.1 Å². The highest BCUT2D eigenvalue weighted by Crippen LogP contribution is 2.42. The molecule has 2 aliphatic heterocycles.